The predicted molar refractivity (Wildman–Crippen MR) is 203 cm³/mol. The van der Waals surface area contributed by atoms with Crippen LogP contribution in [0.5, 0.6) is 5.75 Å². The zero-order chi connectivity index (χ0) is 36.1. The highest BCUT2D eigenvalue weighted by atomic mass is 32.2. The Bertz CT molecular complexity index is 2420. The molecular formula is C41H32N6O5S. The van der Waals surface area contributed by atoms with Gasteiger partial charge in [-0.05, 0) is 47.5 Å². The summed E-state index contributed by atoms with van der Waals surface area (Å²) in [5.41, 5.74) is 3.77. The molecule has 9 rings (SSSR count). The van der Waals surface area contributed by atoms with Crippen LogP contribution in [0.1, 0.15) is 43.3 Å². The molecule has 1 aromatic heterocycles. The smallest absolute Gasteiger partial charge is 0.285 e. The van der Waals surface area contributed by atoms with Gasteiger partial charge in [-0.1, -0.05) is 97.1 Å². The third kappa shape index (κ3) is 5.54. The van der Waals surface area contributed by atoms with Crippen LogP contribution in [0, 0.1) is 0 Å². The van der Waals surface area contributed by atoms with Gasteiger partial charge in [-0.2, -0.15) is 9.78 Å². The summed E-state index contributed by atoms with van der Waals surface area (Å²) in [5.74, 6) is 0.892. The van der Waals surface area contributed by atoms with Crippen LogP contribution in [0.3, 0.4) is 0 Å². The van der Waals surface area contributed by atoms with Gasteiger partial charge in [0.25, 0.3) is 17.4 Å². The lowest BCUT2D eigenvalue weighted by Gasteiger charge is -2.30. The van der Waals surface area contributed by atoms with Gasteiger partial charge in [-0.15, -0.1) is 16.8 Å². The number of carbonyl (C=O) groups excluding carboxylic acids is 2. The van der Waals surface area contributed by atoms with E-state index < -0.39 is 11.8 Å². The van der Waals surface area contributed by atoms with E-state index in [0.29, 0.717) is 33.7 Å². The molecule has 11 nitrogen and oxygen atoms in total. The van der Waals surface area contributed by atoms with Gasteiger partial charge in [0.05, 0.1) is 53.6 Å². The maximum absolute atomic E-state index is 14.8. The molecule has 2 amide bonds. The van der Waals surface area contributed by atoms with Gasteiger partial charge in [0, 0.05) is 5.56 Å². The van der Waals surface area contributed by atoms with E-state index in [1.807, 2.05) is 101 Å². The first-order valence-corrected chi connectivity index (χ1v) is 18.1. The molecule has 3 unspecified atom stereocenters. The average Bonchev–Trinajstić information content (AvgIpc) is 3.83. The number of rotatable bonds is 9. The summed E-state index contributed by atoms with van der Waals surface area (Å²) in [6.45, 7) is 0.242. The van der Waals surface area contributed by atoms with Gasteiger partial charge in [-0.3, -0.25) is 24.2 Å². The van der Waals surface area contributed by atoms with Crippen molar-refractivity contribution < 1.29 is 19.2 Å². The van der Waals surface area contributed by atoms with Gasteiger partial charge in [0.1, 0.15) is 11.1 Å². The average molecular weight is 721 g/mol. The Kier molecular flexibility index (Phi) is 8.25. The lowest BCUT2D eigenvalue weighted by Crippen LogP contribution is -2.47. The summed E-state index contributed by atoms with van der Waals surface area (Å²) in [6, 6.07) is 41.4. The quantitative estimate of drug-likeness (QED) is 0.156. The van der Waals surface area contributed by atoms with Crippen LogP contribution in [-0.2, 0) is 4.84 Å². The highest BCUT2D eigenvalue weighted by molar-refractivity contribution is 8.01. The van der Waals surface area contributed by atoms with Crippen molar-refractivity contribution in [2.45, 2.75) is 16.7 Å². The molecule has 0 N–H and O–H groups in total. The lowest BCUT2D eigenvalue weighted by atomic mass is 10.0. The molecule has 12 heteroatoms. The lowest BCUT2D eigenvalue weighted by molar-refractivity contribution is -0.0968. The van der Waals surface area contributed by atoms with Crippen LogP contribution in [-0.4, -0.2) is 62.9 Å². The number of fused-ring (bicyclic) bond motifs is 3. The topological polar surface area (TPSA) is 110 Å². The third-order valence-electron chi connectivity index (χ3n) is 9.67. The number of ether oxygens (including phenoxy) is 1. The number of thioether (sulfide) groups is 1. The van der Waals surface area contributed by atoms with Gasteiger partial charge in [-0.25, -0.2) is 9.99 Å². The number of amides is 2. The fourth-order valence-corrected chi connectivity index (χ4v) is 8.80. The summed E-state index contributed by atoms with van der Waals surface area (Å²) in [6.07, 6.45) is 0. The molecule has 5 aromatic carbocycles. The van der Waals surface area contributed by atoms with Crippen LogP contribution in [0.2, 0.25) is 0 Å². The molecule has 0 spiro atoms. The van der Waals surface area contributed by atoms with Crippen molar-refractivity contribution in [2.75, 3.05) is 25.3 Å². The standard InChI is InChI=1S/C41H32N6O5S/c1-51-29-22-20-26(21-23-29)34-35-37(43-44(34)24-25-52-47-39(49)30-16-8-9-17-31(30)40(47)50)46(41(53-35)28-14-6-3-7-15-28)45-36(27-12-4-2-5-13-27)42-33-19-11-10-18-32(33)38(45)48/h2-23,34-35,41H,24-25H2,1H3. The van der Waals surface area contributed by atoms with Crippen LogP contribution < -0.4 is 15.3 Å². The number of para-hydroxylation sites is 1. The first-order chi connectivity index (χ1) is 26.0. The van der Waals surface area contributed by atoms with E-state index in [1.54, 1.807) is 53.9 Å². The summed E-state index contributed by atoms with van der Waals surface area (Å²) >= 11 is 1.70. The molecule has 3 atom stereocenters. The SMILES string of the molecule is COc1ccc(C2C3SC(c4ccccc4)N(n4c(-c5ccccc5)nc5ccccc5c4=O)C3=NN2CCON2C(=O)c3ccccc3C2=O)cc1. The zero-order valence-corrected chi connectivity index (χ0v) is 29.3. The molecular weight excluding hydrogens is 689 g/mol. The number of hydrazone groups is 1. The summed E-state index contributed by atoms with van der Waals surface area (Å²) in [5, 5.41) is 9.90. The number of nitrogens with zero attached hydrogens (tertiary/aromatic N) is 6. The Balaban J connectivity index is 1.16. The van der Waals surface area contributed by atoms with Crippen molar-refractivity contribution in [1.29, 1.82) is 0 Å². The molecule has 6 aromatic rings. The number of aromatic nitrogens is 2. The molecule has 53 heavy (non-hydrogen) atoms. The molecule has 262 valence electrons. The predicted octanol–water partition coefficient (Wildman–Crippen LogP) is 6.42. The summed E-state index contributed by atoms with van der Waals surface area (Å²) < 4.78 is 7.15. The minimum Gasteiger partial charge on any atom is -0.497 e. The number of hydroxylamine groups is 2. The van der Waals surface area contributed by atoms with E-state index in [-0.39, 0.29) is 35.4 Å². The Morgan fingerprint density at radius 2 is 1.36 bits per heavy atom. The number of amidine groups is 1. The molecule has 4 heterocycles. The van der Waals surface area contributed by atoms with Crippen molar-refractivity contribution in [1.82, 2.24) is 19.7 Å². The van der Waals surface area contributed by atoms with E-state index in [4.69, 9.17) is 19.7 Å². The van der Waals surface area contributed by atoms with Crippen LogP contribution in [0.4, 0.5) is 0 Å². The van der Waals surface area contributed by atoms with E-state index in [0.717, 1.165) is 27.5 Å². The molecule has 0 bridgehead atoms. The second-order valence-electron chi connectivity index (χ2n) is 12.7. The van der Waals surface area contributed by atoms with E-state index >= 15 is 0 Å². The van der Waals surface area contributed by atoms with E-state index in [9.17, 15) is 14.4 Å². The number of carbonyl (C=O) groups is 2. The fourth-order valence-electron chi connectivity index (χ4n) is 7.17. The third-order valence-corrected chi connectivity index (χ3v) is 11.2. The van der Waals surface area contributed by atoms with Crippen molar-refractivity contribution in [3.63, 3.8) is 0 Å². The Hall–Kier alpha value is -6.24. The number of benzene rings is 5. The maximum Gasteiger partial charge on any atom is 0.285 e. The summed E-state index contributed by atoms with van der Waals surface area (Å²) in [7, 11) is 1.63. The minimum atomic E-state index is -0.494. The van der Waals surface area contributed by atoms with Gasteiger partial charge < -0.3 is 4.74 Å². The molecule has 1 fully saturated rings. The Morgan fingerprint density at radius 3 is 2.06 bits per heavy atom. The van der Waals surface area contributed by atoms with E-state index in [1.165, 1.54) is 0 Å². The number of hydrogen-bond acceptors (Lipinski definition) is 10. The van der Waals surface area contributed by atoms with Crippen LogP contribution >= 0.6 is 11.8 Å². The van der Waals surface area contributed by atoms with E-state index in [2.05, 4.69) is 12.1 Å². The molecule has 0 radical (unpaired) electrons. The largest absolute Gasteiger partial charge is 0.497 e. The summed E-state index contributed by atoms with van der Waals surface area (Å²) in [4.78, 5) is 51.8. The zero-order valence-electron chi connectivity index (χ0n) is 28.5. The second kappa shape index (κ2) is 13.4. The van der Waals surface area contributed by atoms with Crippen LogP contribution in [0.15, 0.2) is 143 Å². The van der Waals surface area contributed by atoms with Gasteiger partial charge in [0.15, 0.2) is 11.7 Å². The number of methoxy groups -OCH3 is 1. The highest BCUT2D eigenvalue weighted by Gasteiger charge is 2.52. The van der Waals surface area contributed by atoms with Gasteiger partial charge in [0.2, 0.25) is 0 Å². The first kappa shape index (κ1) is 32.7. The molecule has 0 saturated carbocycles. The first-order valence-electron chi connectivity index (χ1n) is 17.2. The van der Waals surface area contributed by atoms with Crippen LogP contribution in [0.25, 0.3) is 22.3 Å². The molecule has 1 saturated heterocycles. The van der Waals surface area contributed by atoms with Crippen molar-refractivity contribution >= 4 is 40.3 Å². The molecule has 3 aliphatic heterocycles. The van der Waals surface area contributed by atoms with Gasteiger partial charge >= 0.3 is 0 Å². The number of imide groups is 1. The number of hydrogen-bond donors (Lipinski definition) is 0. The van der Waals surface area contributed by atoms with Crippen molar-refractivity contribution in [3.05, 3.63) is 166 Å². The van der Waals surface area contributed by atoms with Crippen molar-refractivity contribution in [2.24, 2.45) is 5.10 Å². The Labute approximate surface area is 308 Å². The molecule has 0 aliphatic carbocycles. The normalized spacial score (nSPS) is 19.2. The Morgan fingerprint density at radius 1 is 0.717 bits per heavy atom. The second-order valence-corrected chi connectivity index (χ2v) is 13.9. The highest BCUT2D eigenvalue weighted by Crippen LogP contribution is 2.52. The maximum atomic E-state index is 14.8. The minimum absolute atomic E-state index is 0.00114. The van der Waals surface area contributed by atoms with Crippen molar-refractivity contribution in [3.8, 4) is 17.1 Å². The monoisotopic (exact) mass is 720 g/mol. The molecule has 3 aliphatic rings. The fraction of sp³-hybridized carbons (Fsp3) is 0.146.